The summed E-state index contributed by atoms with van der Waals surface area (Å²) in [6, 6.07) is 1.75. The molecule has 0 spiro atoms. The van der Waals surface area contributed by atoms with Crippen molar-refractivity contribution in [3.8, 4) is 5.88 Å². The SMILES string of the molecule is CCOc1cc(N2CCC(O)(C(N)=O)CC2)ncn1. The lowest BCUT2D eigenvalue weighted by Gasteiger charge is -2.36. The van der Waals surface area contributed by atoms with Crippen molar-refractivity contribution >= 4 is 11.7 Å². The number of carbonyl (C=O) groups excluding carboxylic acids is 1. The number of rotatable bonds is 4. The van der Waals surface area contributed by atoms with Crippen molar-refractivity contribution in [3.63, 3.8) is 0 Å². The second-order valence-corrected chi connectivity index (χ2v) is 4.53. The number of carbonyl (C=O) groups is 1. The van der Waals surface area contributed by atoms with Crippen LogP contribution in [0, 0.1) is 0 Å². The van der Waals surface area contributed by atoms with Gasteiger partial charge in [-0.15, -0.1) is 0 Å². The molecule has 0 radical (unpaired) electrons. The lowest BCUT2D eigenvalue weighted by atomic mass is 9.91. The smallest absolute Gasteiger partial charge is 0.249 e. The number of anilines is 1. The maximum absolute atomic E-state index is 11.2. The van der Waals surface area contributed by atoms with Crippen LogP contribution in [-0.4, -0.2) is 46.3 Å². The van der Waals surface area contributed by atoms with Gasteiger partial charge in [0.15, 0.2) is 0 Å². The molecule has 1 aliphatic rings. The van der Waals surface area contributed by atoms with E-state index in [4.69, 9.17) is 10.5 Å². The van der Waals surface area contributed by atoms with Crippen LogP contribution in [0.5, 0.6) is 5.88 Å². The Labute approximate surface area is 111 Å². The zero-order valence-electron chi connectivity index (χ0n) is 10.9. The fourth-order valence-corrected chi connectivity index (χ4v) is 2.08. The average molecular weight is 266 g/mol. The zero-order chi connectivity index (χ0) is 13.9. The number of aliphatic hydroxyl groups is 1. The van der Waals surface area contributed by atoms with Gasteiger partial charge in [0.2, 0.25) is 11.8 Å². The average Bonchev–Trinajstić information content (AvgIpc) is 2.40. The van der Waals surface area contributed by atoms with E-state index in [0.29, 0.717) is 38.4 Å². The van der Waals surface area contributed by atoms with Crippen LogP contribution < -0.4 is 15.4 Å². The van der Waals surface area contributed by atoms with Gasteiger partial charge in [-0.1, -0.05) is 0 Å². The van der Waals surface area contributed by atoms with E-state index in [-0.39, 0.29) is 0 Å². The van der Waals surface area contributed by atoms with Gasteiger partial charge in [-0.25, -0.2) is 9.97 Å². The number of nitrogens with zero attached hydrogens (tertiary/aromatic N) is 3. The van der Waals surface area contributed by atoms with E-state index < -0.39 is 11.5 Å². The van der Waals surface area contributed by atoms with Crippen LogP contribution in [0.4, 0.5) is 5.82 Å². The van der Waals surface area contributed by atoms with Gasteiger partial charge in [0.1, 0.15) is 17.7 Å². The summed E-state index contributed by atoms with van der Waals surface area (Å²) >= 11 is 0. The highest BCUT2D eigenvalue weighted by Crippen LogP contribution is 2.26. The number of hydrogen-bond donors (Lipinski definition) is 2. The molecule has 2 heterocycles. The van der Waals surface area contributed by atoms with Crippen molar-refractivity contribution in [2.75, 3.05) is 24.6 Å². The highest BCUT2D eigenvalue weighted by Gasteiger charge is 2.37. The molecular formula is C12H18N4O3. The molecule has 1 amide bonds. The highest BCUT2D eigenvalue weighted by atomic mass is 16.5. The van der Waals surface area contributed by atoms with E-state index >= 15 is 0 Å². The third-order valence-corrected chi connectivity index (χ3v) is 3.29. The number of piperidine rings is 1. The fraction of sp³-hybridized carbons (Fsp3) is 0.583. The zero-order valence-corrected chi connectivity index (χ0v) is 10.9. The monoisotopic (exact) mass is 266 g/mol. The van der Waals surface area contributed by atoms with Gasteiger partial charge in [-0.3, -0.25) is 4.79 Å². The first-order valence-electron chi connectivity index (χ1n) is 6.27. The number of ether oxygens (including phenoxy) is 1. The molecule has 0 aliphatic carbocycles. The third-order valence-electron chi connectivity index (χ3n) is 3.29. The first-order chi connectivity index (χ1) is 9.05. The molecule has 104 valence electrons. The molecule has 0 unspecified atom stereocenters. The summed E-state index contributed by atoms with van der Waals surface area (Å²) in [6.45, 7) is 3.46. The van der Waals surface area contributed by atoms with E-state index in [1.54, 1.807) is 6.07 Å². The van der Waals surface area contributed by atoms with E-state index in [9.17, 15) is 9.90 Å². The van der Waals surface area contributed by atoms with Crippen molar-refractivity contribution in [2.45, 2.75) is 25.4 Å². The molecule has 1 aromatic heterocycles. The van der Waals surface area contributed by atoms with Crippen molar-refractivity contribution in [2.24, 2.45) is 5.73 Å². The number of hydrogen-bond acceptors (Lipinski definition) is 6. The van der Waals surface area contributed by atoms with Crippen molar-refractivity contribution in [3.05, 3.63) is 12.4 Å². The predicted molar refractivity (Wildman–Crippen MR) is 68.8 cm³/mol. The molecule has 1 aromatic rings. The summed E-state index contributed by atoms with van der Waals surface area (Å²) in [5, 5.41) is 9.99. The van der Waals surface area contributed by atoms with Gasteiger partial charge in [-0.05, 0) is 6.92 Å². The Hall–Kier alpha value is -1.89. The topological polar surface area (TPSA) is 102 Å². The largest absolute Gasteiger partial charge is 0.478 e. The highest BCUT2D eigenvalue weighted by molar-refractivity contribution is 5.83. The van der Waals surface area contributed by atoms with Crippen LogP contribution >= 0.6 is 0 Å². The van der Waals surface area contributed by atoms with E-state index in [1.807, 2.05) is 11.8 Å². The third kappa shape index (κ3) is 2.93. The molecule has 0 bridgehead atoms. The summed E-state index contributed by atoms with van der Waals surface area (Å²) in [5.41, 5.74) is 3.80. The number of primary amides is 1. The van der Waals surface area contributed by atoms with Gasteiger partial charge in [0.25, 0.3) is 0 Å². The first kappa shape index (κ1) is 13.5. The Bertz CT molecular complexity index is 458. The maximum atomic E-state index is 11.2. The normalized spacial score (nSPS) is 18.1. The Balaban J connectivity index is 2.05. The Morgan fingerprint density at radius 1 is 1.53 bits per heavy atom. The predicted octanol–water partition coefficient (Wildman–Crippen LogP) is -0.308. The molecule has 19 heavy (non-hydrogen) atoms. The van der Waals surface area contributed by atoms with Crippen molar-refractivity contribution in [1.82, 2.24) is 9.97 Å². The van der Waals surface area contributed by atoms with Crippen LogP contribution in [0.3, 0.4) is 0 Å². The Morgan fingerprint density at radius 3 is 2.79 bits per heavy atom. The second-order valence-electron chi connectivity index (χ2n) is 4.53. The summed E-state index contributed by atoms with van der Waals surface area (Å²) in [4.78, 5) is 21.3. The van der Waals surface area contributed by atoms with Gasteiger partial charge >= 0.3 is 0 Å². The molecule has 7 nitrogen and oxygen atoms in total. The van der Waals surface area contributed by atoms with Gasteiger partial charge < -0.3 is 20.5 Å². The molecule has 3 N–H and O–H groups in total. The molecular weight excluding hydrogens is 248 g/mol. The molecule has 0 aromatic carbocycles. The molecule has 0 saturated carbocycles. The van der Waals surface area contributed by atoms with Crippen LogP contribution in [-0.2, 0) is 4.79 Å². The molecule has 1 saturated heterocycles. The lowest BCUT2D eigenvalue weighted by Crippen LogP contribution is -2.52. The standard InChI is InChI=1S/C12H18N4O3/c1-2-19-10-7-9(14-8-15-10)16-5-3-12(18,4-6-16)11(13)17/h7-8,18H,2-6H2,1H3,(H2,13,17). The van der Waals surface area contributed by atoms with E-state index in [1.165, 1.54) is 6.33 Å². The molecule has 7 heteroatoms. The Morgan fingerprint density at radius 2 is 2.21 bits per heavy atom. The molecule has 1 aliphatic heterocycles. The number of aromatic nitrogens is 2. The van der Waals surface area contributed by atoms with Crippen LogP contribution in [0.25, 0.3) is 0 Å². The summed E-state index contributed by atoms with van der Waals surface area (Å²) in [5.74, 6) is 0.582. The van der Waals surface area contributed by atoms with Gasteiger partial charge in [-0.2, -0.15) is 0 Å². The minimum Gasteiger partial charge on any atom is -0.478 e. The quantitative estimate of drug-likeness (QED) is 0.775. The van der Waals surface area contributed by atoms with E-state index in [0.717, 1.165) is 5.82 Å². The van der Waals surface area contributed by atoms with Gasteiger partial charge in [0.05, 0.1) is 6.61 Å². The van der Waals surface area contributed by atoms with E-state index in [2.05, 4.69) is 9.97 Å². The van der Waals surface area contributed by atoms with Crippen LogP contribution in [0.15, 0.2) is 12.4 Å². The maximum Gasteiger partial charge on any atom is 0.249 e. The molecule has 0 atom stereocenters. The molecule has 2 rings (SSSR count). The second kappa shape index (κ2) is 5.40. The first-order valence-corrected chi connectivity index (χ1v) is 6.27. The number of nitrogens with two attached hydrogens (primary N) is 1. The lowest BCUT2D eigenvalue weighted by molar-refractivity contribution is -0.138. The summed E-state index contributed by atoms with van der Waals surface area (Å²) in [6.07, 6.45) is 2.04. The van der Waals surface area contributed by atoms with Crippen LogP contribution in [0.2, 0.25) is 0 Å². The molecule has 1 fully saturated rings. The summed E-state index contributed by atoms with van der Waals surface area (Å²) < 4.78 is 5.32. The van der Waals surface area contributed by atoms with Gasteiger partial charge in [0, 0.05) is 32.0 Å². The van der Waals surface area contributed by atoms with Crippen LogP contribution in [0.1, 0.15) is 19.8 Å². The minimum absolute atomic E-state index is 0.302. The van der Waals surface area contributed by atoms with Crippen molar-refractivity contribution < 1.29 is 14.6 Å². The number of amides is 1. The minimum atomic E-state index is -1.40. The Kier molecular flexibility index (Phi) is 3.84. The summed E-state index contributed by atoms with van der Waals surface area (Å²) in [7, 11) is 0. The fourth-order valence-electron chi connectivity index (χ4n) is 2.08. The van der Waals surface area contributed by atoms with Crippen molar-refractivity contribution in [1.29, 1.82) is 0 Å².